The second-order valence-electron chi connectivity index (χ2n) is 7.98. The van der Waals surface area contributed by atoms with Gasteiger partial charge < -0.3 is 9.61 Å². The molecule has 1 N–H and O–H groups in total. The van der Waals surface area contributed by atoms with Gasteiger partial charge in [0.15, 0.2) is 0 Å². The monoisotopic (exact) mass is 497 g/mol. The summed E-state index contributed by atoms with van der Waals surface area (Å²) in [5.41, 5.74) is 0.826. The van der Waals surface area contributed by atoms with E-state index in [0.29, 0.717) is 17.8 Å². The van der Waals surface area contributed by atoms with Crippen molar-refractivity contribution in [1.29, 1.82) is 0 Å². The standard InChI is InChI=1S/C22H29INO2P/c1-16(2)21-14-9-17(3)15-22(21)26-27(25,20-7-5-4-6-8-20)24-19-12-10-18(23)11-13-19/h4-8,10-13,16-17,21-22H,9,14-15H2,1-3H3,(H,24,25)/t17-,21-,22-,27+/m1/s1. The first-order valence-electron chi connectivity index (χ1n) is 9.75. The van der Waals surface area contributed by atoms with Gasteiger partial charge in [0.1, 0.15) is 0 Å². The van der Waals surface area contributed by atoms with Crippen LogP contribution in [-0.4, -0.2) is 6.10 Å². The van der Waals surface area contributed by atoms with Crippen molar-refractivity contribution in [3.63, 3.8) is 0 Å². The summed E-state index contributed by atoms with van der Waals surface area (Å²) >= 11 is 2.27. The lowest BCUT2D eigenvalue weighted by molar-refractivity contribution is 0.0506. The van der Waals surface area contributed by atoms with E-state index in [-0.39, 0.29) is 6.10 Å². The Morgan fingerprint density at radius 2 is 1.74 bits per heavy atom. The van der Waals surface area contributed by atoms with Crippen molar-refractivity contribution >= 4 is 41.1 Å². The number of nitrogens with one attached hydrogen (secondary N) is 1. The average Bonchev–Trinajstić information content (AvgIpc) is 2.64. The molecule has 4 atom stereocenters. The zero-order valence-corrected chi connectivity index (χ0v) is 19.3. The molecular formula is C22H29INO2P. The molecule has 0 aliphatic heterocycles. The summed E-state index contributed by atoms with van der Waals surface area (Å²) in [7, 11) is -3.23. The summed E-state index contributed by atoms with van der Waals surface area (Å²) in [5.74, 6) is 1.56. The zero-order valence-electron chi connectivity index (χ0n) is 16.3. The molecule has 0 spiro atoms. The molecule has 1 aliphatic rings. The fourth-order valence-corrected chi connectivity index (χ4v) is 6.24. The van der Waals surface area contributed by atoms with E-state index in [2.05, 4.69) is 48.4 Å². The van der Waals surface area contributed by atoms with Crippen molar-refractivity contribution in [2.24, 2.45) is 17.8 Å². The van der Waals surface area contributed by atoms with Gasteiger partial charge in [-0.3, -0.25) is 4.57 Å². The maximum absolute atomic E-state index is 14.1. The van der Waals surface area contributed by atoms with Crippen LogP contribution in [0.4, 0.5) is 5.69 Å². The van der Waals surface area contributed by atoms with Crippen molar-refractivity contribution in [2.75, 3.05) is 5.09 Å². The molecule has 1 fully saturated rings. The van der Waals surface area contributed by atoms with Crippen LogP contribution in [-0.2, 0) is 9.09 Å². The van der Waals surface area contributed by atoms with Gasteiger partial charge in [-0.25, -0.2) is 0 Å². The summed E-state index contributed by atoms with van der Waals surface area (Å²) in [6.45, 7) is 6.76. The maximum atomic E-state index is 14.1. The normalized spacial score (nSPS) is 25.1. The highest BCUT2D eigenvalue weighted by Gasteiger charge is 2.38. The van der Waals surface area contributed by atoms with Crippen LogP contribution in [0, 0.1) is 21.3 Å². The molecule has 0 amide bonds. The Kier molecular flexibility index (Phi) is 7.04. The highest BCUT2D eigenvalue weighted by molar-refractivity contribution is 14.1. The number of benzene rings is 2. The van der Waals surface area contributed by atoms with E-state index < -0.39 is 7.52 Å². The lowest BCUT2D eigenvalue weighted by Crippen LogP contribution is -2.35. The van der Waals surface area contributed by atoms with Gasteiger partial charge in [-0.1, -0.05) is 45.4 Å². The van der Waals surface area contributed by atoms with Crippen molar-refractivity contribution in [2.45, 2.75) is 46.1 Å². The van der Waals surface area contributed by atoms with E-state index >= 15 is 0 Å². The summed E-state index contributed by atoms with van der Waals surface area (Å²) in [6, 6.07) is 17.5. The zero-order chi connectivity index (χ0) is 19.4. The molecule has 27 heavy (non-hydrogen) atoms. The van der Waals surface area contributed by atoms with Gasteiger partial charge in [-0.2, -0.15) is 0 Å². The van der Waals surface area contributed by atoms with Gasteiger partial charge in [-0.05, 0) is 89.6 Å². The number of anilines is 1. The van der Waals surface area contributed by atoms with Crippen molar-refractivity contribution in [3.05, 3.63) is 58.2 Å². The van der Waals surface area contributed by atoms with Crippen LogP contribution in [0.25, 0.3) is 0 Å². The highest BCUT2D eigenvalue weighted by atomic mass is 127. The minimum atomic E-state index is -3.23. The number of hydrogen-bond acceptors (Lipinski definition) is 2. The fraction of sp³-hybridized carbons (Fsp3) is 0.455. The van der Waals surface area contributed by atoms with Crippen LogP contribution in [0.3, 0.4) is 0 Å². The molecule has 3 nitrogen and oxygen atoms in total. The topological polar surface area (TPSA) is 38.3 Å². The van der Waals surface area contributed by atoms with Crippen LogP contribution in [0.5, 0.6) is 0 Å². The van der Waals surface area contributed by atoms with Gasteiger partial charge in [0.05, 0.1) is 11.4 Å². The van der Waals surface area contributed by atoms with Crippen LogP contribution < -0.4 is 10.4 Å². The largest absolute Gasteiger partial charge is 0.324 e. The lowest BCUT2D eigenvalue weighted by Gasteiger charge is -2.39. The first-order valence-corrected chi connectivity index (χ1v) is 12.5. The lowest BCUT2D eigenvalue weighted by atomic mass is 9.75. The SMILES string of the molecule is CC(C)[C@H]1CC[C@@H](C)C[C@H]1O[P@](=O)(Nc1ccc(I)cc1)c1ccccc1. The maximum Gasteiger partial charge on any atom is 0.324 e. The smallest absolute Gasteiger partial charge is 0.312 e. The Bertz CT molecular complexity index is 779. The third-order valence-corrected chi connectivity index (χ3v) is 8.28. The molecule has 0 radical (unpaired) electrons. The van der Waals surface area contributed by atoms with E-state index in [1.165, 1.54) is 6.42 Å². The van der Waals surface area contributed by atoms with Gasteiger partial charge in [0.25, 0.3) is 0 Å². The van der Waals surface area contributed by atoms with E-state index in [1.54, 1.807) is 0 Å². The minimum Gasteiger partial charge on any atom is -0.312 e. The summed E-state index contributed by atoms with van der Waals surface area (Å²) < 4.78 is 21.7. The second-order valence-corrected chi connectivity index (χ2v) is 11.3. The predicted octanol–water partition coefficient (Wildman–Crippen LogP) is 6.70. The van der Waals surface area contributed by atoms with E-state index in [4.69, 9.17) is 4.52 Å². The molecule has 0 heterocycles. The number of halogens is 1. The molecular weight excluding hydrogens is 468 g/mol. The van der Waals surface area contributed by atoms with Crippen molar-refractivity contribution < 1.29 is 9.09 Å². The first-order chi connectivity index (χ1) is 12.9. The molecule has 0 unspecified atom stereocenters. The van der Waals surface area contributed by atoms with Crippen molar-refractivity contribution in [1.82, 2.24) is 0 Å². The van der Waals surface area contributed by atoms with Crippen LogP contribution in [0.15, 0.2) is 54.6 Å². The summed E-state index contributed by atoms with van der Waals surface area (Å²) in [6.07, 6.45) is 3.34. The molecule has 2 aromatic carbocycles. The van der Waals surface area contributed by atoms with E-state index in [9.17, 15) is 4.57 Å². The Balaban J connectivity index is 1.91. The van der Waals surface area contributed by atoms with E-state index in [0.717, 1.165) is 27.4 Å². The highest BCUT2D eigenvalue weighted by Crippen LogP contribution is 2.51. The van der Waals surface area contributed by atoms with Gasteiger partial charge in [0, 0.05) is 9.26 Å². The molecule has 0 bridgehead atoms. The molecule has 1 aliphatic carbocycles. The molecule has 0 aromatic heterocycles. The minimum absolute atomic E-state index is 0.0103. The molecule has 2 aromatic rings. The molecule has 146 valence electrons. The number of rotatable bonds is 6. The molecule has 3 rings (SSSR count). The van der Waals surface area contributed by atoms with Crippen molar-refractivity contribution in [3.8, 4) is 0 Å². The first kappa shape index (κ1) is 20.9. The average molecular weight is 497 g/mol. The number of hydrogen-bond donors (Lipinski definition) is 1. The fourth-order valence-electron chi connectivity index (χ4n) is 3.90. The molecule has 0 saturated heterocycles. The van der Waals surface area contributed by atoms with Gasteiger partial charge in [-0.15, -0.1) is 0 Å². The third kappa shape index (κ3) is 5.36. The van der Waals surface area contributed by atoms with E-state index in [1.807, 2.05) is 54.6 Å². The quantitative estimate of drug-likeness (QED) is 0.357. The van der Waals surface area contributed by atoms with Gasteiger partial charge in [0.2, 0.25) is 0 Å². The van der Waals surface area contributed by atoms with Crippen LogP contribution >= 0.6 is 30.1 Å². The second kappa shape index (κ2) is 9.11. The predicted molar refractivity (Wildman–Crippen MR) is 123 cm³/mol. The van der Waals surface area contributed by atoms with Crippen LogP contribution in [0.2, 0.25) is 0 Å². The Labute approximate surface area is 176 Å². The molecule has 5 heteroatoms. The molecule has 1 saturated carbocycles. The third-order valence-electron chi connectivity index (χ3n) is 5.46. The Morgan fingerprint density at radius 3 is 2.37 bits per heavy atom. The Hall–Kier alpha value is -0.840. The van der Waals surface area contributed by atoms with Crippen LogP contribution in [0.1, 0.15) is 40.0 Å². The Morgan fingerprint density at radius 1 is 1.07 bits per heavy atom. The summed E-state index contributed by atoms with van der Waals surface area (Å²) in [4.78, 5) is 0. The summed E-state index contributed by atoms with van der Waals surface area (Å²) in [5, 5.41) is 3.98. The van der Waals surface area contributed by atoms with Gasteiger partial charge >= 0.3 is 7.52 Å².